The molecular weight excluding hydrogens is 228 g/mol. The number of aromatic nitrogens is 2. The summed E-state index contributed by atoms with van der Waals surface area (Å²) < 4.78 is 29.7. The topological polar surface area (TPSA) is 72.2 Å². The third kappa shape index (κ3) is 9.67. The Morgan fingerprint density at radius 3 is 2.31 bits per heavy atom. The Bertz CT molecular complexity index is 346. The molecule has 0 radical (unpaired) electrons. The van der Waals surface area contributed by atoms with Crippen molar-refractivity contribution in [1.29, 1.82) is 0 Å². The first-order valence-corrected chi connectivity index (χ1v) is 7.01. The fourth-order valence-electron chi connectivity index (χ4n) is 1.02. The standard InChI is InChI=1S/C7H12N2.C3H8O3S/c1-2-3-5-9-6-4-8-7-9;1-2-3-7(4,5)6/h4,6-7H,2-3,5H2,1H3;2-3H2,1H3,(H,4,5,6). The Balaban J connectivity index is 0.000000293. The van der Waals surface area contributed by atoms with Gasteiger partial charge in [0.1, 0.15) is 0 Å². The Hall–Kier alpha value is -0.880. The van der Waals surface area contributed by atoms with Crippen molar-refractivity contribution in [2.45, 2.75) is 39.7 Å². The van der Waals surface area contributed by atoms with E-state index in [1.54, 1.807) is 6.92 Å². The van der Waals surface area contributed by atoms with Crippen LogP contribution >= 0.6 is 0 Å². The highest BCUT2D eigenvalue weighted by atomic mass is 32.2. The van der Waals surface area contributed by atoms with Crippen LogP contribution in [0.5, 0.6) is 0 Å². The van der Waals surface area contributed by atoms with Gasteiger partial charge in [0.05, 0.1) is 12.1 Å². The first kappa shape index (κ1) is 15.1. The van der Waals surface area contributed by atoms with Gasteiger partial charge in [0.25, 0.3) is 10.1 Å². The zero-order valence-corrected chi connectivity index (χ0v) is 10.7. The van der Waals surface area contributed by atoms with Gasteiger partial charge in [-0.1, -0.05) is 20.3 Å². The van der Waals surface area contributed by atoms with E-state index in [0.717, 1.165) is 6.54 Å². The third-order valence-electron chi connectivity index (χ3n) is 1.79. The highest BCUT2D eigenvalue weighted by Crippen LogP contribution is 1.92. The van der Waals surface area contributed by atoms with Gasteiger partial charge >= 0.3 is 0 Å². The Kier molecular flexibility index (Phi) is 7.84. The van der Waals surface area contributed by atoms with Crippen LogP contribution in [0, 0.1) is 0 Å². The van der Waals surface area contributed by atoms with E-state index in [2.05, 4.69) is 16.5 Å². The van der Waals surface area contributed by atoms with E-state index in [4.69, 9.17) is 4.55 Å². The summed E-state index contributed by atoms with van der Waals surface area (Å²) in [6.07, 6.45) is 8.63. The molecule has 6 heteroatoms. The van der Waals surface area contributed by atoms with Crippen molar-refractivity contribution in [3.63, 3.8) is 0 Å². The Morgan fingerprint density at radius 1 is 1.31 bits per heavy atom. The van der Waals surface area contributed by atoms with E-state index >= 15 is 0 Å². The largest absolute Gasteiger partial charge is 0.337 e. The minimum Gasteiger partial charge on any atom is -0.337 e. The second-order valence-corrected chi connectivity index (χ2v) is 5.01. The van der Waals surface area contributed by atoms with Crippen molar-refractivity contribution < 1.29 is 13.0 Å². The SMILES string of the molecule is CCCCn1ccnc1.CCCS(=O)(=O)O. The van der Waals surface area contributed by atoms with Crippen molar-refractivity contribution in [1.82, 2.24) is 9.55 Å². The van der Waals surface area contributed by atoms with Crippen molar-refractivity contribution in [3.8, 4) is 0 Å². The van der Waals surface area contributed by atoms with Crippen molar-refractivity contribution in [2.24, 2.45) is 0 Å². The van der Waals surface area contributed by atoms with E-state index in [1.807, 2.05) is 18.7 Å². The second-order valence-electron chi connectivity index (χ2n) is 3.44. The van der Waals surface area contributed by atoms with E-state index < -0.39 is 10.1 Å². The minimum atomic E-state index is -3.67. The van der Waals surface area contributed by atoms with Gasteiger partial charge in [-0.2, -0.15) is 8.42 Å². The first-order valence-electron chi connectivity index (χ1n) is 5.40. The number of imidazole rings is 1. The number of hydrogen-bond acceptors (Lipinski definition) is 3. The molecule has 0 atom stereocenters. The molecule has 0 amide bonds. The molecule has 0 aliphatic heterocycles. The molecule has 1 aromatic heterocycles. The summed E-state index contributed by atoms with van der Waals surface area (Å²) in [5.74, 6) is -0.132. The molecule has 0 fully saturated rings. The average molecular weight is 248 g/mol. The molecule has 5 nitrogen and oxygen atoms in total. The molecule has 1 aromatic rings. The van der Waals surface area contributed by atoms with Gasteiger partial charge < -0.3 is 4.57 Å². The first-order chi connectivity index (χ1) is 7.49. The maximum Gasteiger partial charge on any atom is 0.264 e. The van der Waals surface area contributed by atoms with Crippen LogP contribution in [0.2, 0.25) is 0 Å². The quantitative estimate of drug-likeness (QED) is 0.809. The van der Waals surface area contributed by atoms with Gasteiger partial charge in [-0.05, 0) is 12.8 Å². The summed E-state index contributed by atoms with van der Waals surface area (Å²) in [7, 11) is -3.67. The molecule has 0 bridgehead atoms. The molecule has 0 saturated heterocycles. The predicted octanol–water partition coefficient (Wildman–Crippen LogP) is 1.97. The molecule has 0 unspecified atom stereocenters. The smallest absolute Gasteiger partial charge is 0.264 e. The van der Waals surface area contributed by atoms with Crippen LogP contribution in [-0.2, 0) is 16.7 Å². The van der Waals surface area contributed by atoms with E-state index in [-0.39, 0.29) is 5.75 Å². The lowest BCUT2D eigenvalue weighted by Gasteiger charge is -1.96. The van der Waals surface area contributed by atoms with Crippen molar-refractivity contribution >= 4 is 10.1 Å². The maximum atomic E-state index is 9.79. The third-order valence-corrected chi connectivity index (χ3v) is 2.72. The fourth-order valence-corrected chi connectivity index (χ4v) is 1.53. The van der Waals surface area contributed by atoms with Crippen LogP contribution in [0.15, 0.2) is 18.7 Å². The lowest BCUT2D eigenvalue weighted by Crippen LogP contribution is -2.01. The second kappa shape index (κ2) is 8.29. The van der Waals surface area contributed by atoms with Gasteiger partial charge in [0.2, 0.25) is 0 Å². The van der Waals surface area contributed by atoms with Gasteiger partial charge in [-0.3, -0.25) is 4.55 Å². The summed E-state index contributed by atoms with van der Waals surface area (Å²) in [5, 5.41) is 0. The van der Waals surface area contributed by atoms with Crippen molar-refractivity contribution in [3.05, 3.63) is 18.7 Å². The van der Waals surface area contributed by atoms with Gasteiger partial charge in [-0.15, -0.1) is 0 Å². The Labute approximate surface area is 97.3 Å². The van der Waals surface area contributed by atoms with Crippen molar-refractivity contribution in [2.75, 3.05) is 5.75 Å². The molecule has 1 heterocycles. The van der Waals surface area contributed by atoms with Crippen LogP contribution in [0.1, 0.15) is 33.1 Å². The van der Waals surface area contributed by atoms with Gasteiger partial charge in [-0.25, -0.2) is 4.98 Å². The number of unbranched alkanes of at least 4 members (excludes halogenated alkanes) is 1. The summed E-state index contributed by atoms with van der Waals surface area (Å²) in [6.45, 7) is 4.99. The van der Waals surface area contributed by atoms with Crippen LogP contribution in [-0.4, -0.2) is 28.3 Å². The average Bonchev–Trinajstić information content (AvgIpc) is 2.66. The lowest BCUT2D eigenvalue weighted by molar-refractivity contribution is 0.482. The normalized spacial score (nSPS) is 10.7. The molecule has 0 saturated carbocycles. The molecule has 0 aliphatic carbocycles. The summed E-state index contributed by atoms with van der Waals surface area (Å²) in [6, 6.07) is 0. The molecular formula is C10H20N2O3S. The van der Waals surface area contributed by atoms with Gasteiger partial charge in [0, 0.05) is 18.9 Å². The zero-order chi connectivity index (χ0) is 12.4. The molecule has 0 spiro atoms. The maximum absolute atomic E-state index is 9.79. The molecule has 16 heavy (non-hydrogen) atoms. The van der Waals surface area contributed by atoms with Crippen LogP contribution in [0.25, 0.3) is 0 Å². The number of rotatable bonds is 5. The van der Waals surface area contributed by atoms with E-state index in [9.17, 15) is 8.42 Å². The molecule has 0 aromatic carbocycles. The lowest BCUT2D eigenvalue weighted by atomic mass is 10.3. The molecule has 94 valence electrons. The minimum absolute atomic E-state index is 0.132. The number of nitrogens with zero attached hydrogens (tertiary/aromatic N) is 2. The molecule has 1 rings (SSSR count). The predicted molar refractivity (Wildman–Crippen MR) is 63.8 cm³/mol. The highest BCUT2D eigenvalue weighted by molar-refractivity contribution is 7.85. The summed E-state index contributed by atoms with van der Waals surface area (Å²) in [5.41, 5.74) is 0. The van der Waals surface area contributed by atoms with Crippen LogP contribution in [0.3, 0.4) is 0 Å². The molecule has 1 N–H and O–H groups in total. The van der Waals surface area contributed by atoms with Gasteiger partial charge in [0.15, 0.2) is 0 Å². The number of aryl methyl sites for hydroxylation is 1. The summed E-state index contributed by atoms with van der Waals surface area (Å²) in [4.78, 5) is 3.94. The molecule has 0 aliphatic rings. The van der Waals surface area contributed by atoms with E-state index in [0.29, 0.717) is 6.42 Å². The number of hydrogen-bond donors (Lipinski definition) is 1. The monoisotopic (exact) mass is 248 g/mol. The van der Waals surface area contributed by atoms with Crippen LogP contribution < -0.4 is 0 Å². The summed E-state index contributed by atoms with van der Waals surface area (Å²) >= 11 is 0. The van der Waals surface area contributed by atoms with E-state index in [1.165, 1.54) is 12.8 Å². The van der Waals surface area contributed by atoms with Crippen LogP contribution in [0.4, 0.5) is 0 Å². The Morgan fingerprint density at radius 2 is 2.00 bits per heavy atom. The fraction of sp³-hybridized carbons (Fsp3) is 0.700. The zero-order valence-electron chi connectivity index (χ0n) is 9.83. The highest BCUT2D eigenvalue weighted by Gasteiger charge is 1.98.